The number of amides is 1. The molecule has 6 nitrogen and oxygen atoms in total. The summed E-state index contributed by atoms with van der Waals surface area (Å²) < 4.78 is 32.4. The van der Waals surface area contributed by atoms with E-state index in [1.54, 1.807) is 18.2 Å². The van der Waals surface area contributed by atoms with Gasteiger partial charge in [0.1, 0.15) is 0 Å². The van der Waals surface area contributed by atoms with E-state index in [4.69, 9.17) is 4.74 Å². The van der Waals surface area contributed by atoms with Gasteiger partial charge in [0.2, 0.25) is 10.0 Å². The van der Waals surface area contributed by atoms with Crippen molar-refractivity contribution in [2.75, 3.05) is 32.8 Å². The van der Waals surface area contributed by atoms with Gasteiger partial charge in [-0.3, -0.25) is 4.79 Å². The van der Waals surface area contributed by atoms with Gasteiger partial charge in [0.05, 0.1) is 18.1 Å². The first-order chi connectivity index (χ1) is 14.0. The standard InChI is InChI=1S/C22H26N2O4S/c25-21(23-17-22(10-5-11-22)19-7-2-1-3-8-19)18-6-4-9-20(16-18)29(26,27)24-12-14-28-15-13-24/h1-4,6-9,16H,5,10-15,17H2,(H,23,25). The molecule has 7 heteroatoms. The van der Waals surface area contributed by atoms with E-state index < -0.39 is 10.0 Å². The Morgan fingerprint density at radius 1 is 1.03 bits per heavy atom. The Morgan fingerprint density at radius 2 is 1.76 bits per heavy atom. The van der Waals surface area contributed by atoms with Crippen LogP contribution in [0.15, 0.2) is 59.5 Å². The predicted octanol–water partition coefficient (Wildman–Crippen LogP) is 2.56. The number of rotatable bonds is 6. The minimum Gasteiger partial charge on any atom is -0.379 e. The van der Waals surface area contributed by atoms with Gasteiger partial charge in [-0.1, -0.05) is 42.8 Å². The van der Waals surface area contributed by atoms with Crippen LogP contribution < -0.4 is 5.32 Å². The summed E-state index contributed by atoms with van der Waals surface area (Å²) in [4.78, 5) is 12.9. The number of hydrogen-bond donors (Lipinski definition) is 1. The maximum Gasteiger partial charge on any atom is 0.251 e. The fraction of sp³-hybridized carbons (Fsp3) is 0.409. The summed E-state index contributed by atoms with van der Waals surface area (Å²) in [5.41, 5.74) is 1.59. The average molecular weight is 415 g/mol. The van der Waals surface area contributed by atoms with Gasteiger partial charge in [0.15, 0.2) is 0 Å². The quantitative estimate of drug-likeness (QED) is 0.788. The molecule has 1 saturated carbocycles. The van der Waals surface area contributed by atoms with Gasteiger partial charge in [-0.05, 0) is 36.6 Å². The van der Waals surface area contributed by atoms with Crippen molar-refractivity contribution in [1.29, 1.82) is 0 Å². The second-order valence-electron chi connectivity index (χ2n) is 7.73. The Balaban J connectivity index is 1.48. The van der Waals surface area contributed by atoms with Gasteiger partial charge in [0, 0.05) is 30.6 Å². The lowest BCUT2D eigenvalue weighted by Crippen LogP contribution is -2.45. The molecule has 154 valence electrons. The van der Waals surface area contributed by atoms with Crippen molar-refractivity contribution in [3.8, 4) is 0 Å². The van der Waals surface area contributed by atoms with Crippen molar-refractivity contribution >= 4 is 15.9 Å². The summed E-state index contributed by atoms with van der Waals surface area (Å²) >= 11 is 0. The molecule has 29 heavy (non-hydrogen) atoms. The highest BCUT2D eigenvalue weighted by Gasteiger charge is 2.38. The van der Waals surface area contributed by atoms with E-state index in [0.29, 0.717) is 38.4 Å². The summed E-state index contributed by atoms with van der Waals surface area (Å²) in [7, 11) is -3.62. The Bertz CT molecular complexity index is 965. The molecule has 0 atom stereocenters. The number of morpholine rings is 1. The molecule has 1 heterocycles. The molecule has 2 aromatic rings. The molecule has 1 saturated heterocycles. The summed E-state index contributed by atoms with van der Waals surface area (Å²) in [6.07, 6.45) is 3.24. The Kier molecular flexibility index (Phi) is 5.72. The minimum atomic E-state index is -3.62. The highest BCUT2D eigenvalue weighted by Crippen LogP contribution is 2.43. The lowest BCUT2D eigenvalue weighted by Gasteiger charge is -2.42. The third kappa shape index (κ3) is 4.08. The third-order valence-electron chi connectivity index (χ3n) is 5.99. The fourth-order valence-electron chi connectivity index (χ4n) is 4.05. The van der Waals surface area contributed by atoms with Gasteiger partial charge in [-0.25, -0.2) is 8.42 Å². The lowest BCUT2D eigenvalue weighted by molar-refractivity contribution is 0.0730. The number of nitrogens with zero attached hydrogens (tertiary/aromatic N) is 1. The molecule has 0 unspecified atom stereocenters. The number of sulfonamides is 1. The summed E-state index contributed by atoms with van der Waals surface area (Å²) in [6, 6.07) is 16.6. The molecule has 1 N–H and O–H groups in total. The van der Waals surface area contributed by atoms with E-state index in [-0.39, 0.29) is 16.2 Å². The van der Waals surface area contributed by atoms with Gasteiger partial charge in [0.25, 0.3) is 5.91 Å². The maximum absolute atomic E-state index is 12.9. The second-order valence-corrected chi connectivity index (χ2v) is 9.66. The van der Waals surface area contributed by atoms with Crippen molar-refractivity contribution in [3.05, 3.63) is 65.7 Å². The van der Waals surface area contributed by atoms with Crippen LogP contribution in [0.5, 0.6) is 0 Å². The Hall–Kier alpha value is -2.22. The summed E-state index contributed by atoms with van der Waals surface area (Å²) in [6.45, 7) is 1.99. The molecule has 0 spiro atoms. The van der Waals surface area contributed by atoms with E-state index in [9.17, 15) is 13.2 Å². The number of hydrogen-bond acceptors (Lipinski definition) is 4. The van der Waals surface area contributed by atoms with Crippen molar-refractivity contribution in [1.82, 2.24) is 9.62 Å². The molecule has 2 fully saturated rings. The van der Waals surface area contributed by atoms with Gasteiger partial charge >= 0.3 is 0 Å². The second kappa shape index (κ2) is 8.26. The average Bonchev–Trinajstić information content (AvgIpc) is 2.74. The molecule has 2 aliphatic rings. The topological polar surface area (TPSA) is 75.7 Å². The van der Waals surface area contributed by atoms with E-state index in [0.717, 1.165) is 19.3 Å². The number of carbonyl (C=O) groups excluding carboxylic acids is 1. The van der Waals surface area contributed by atoms with Crippen molar-refractivity contribution in [3.63, 3.8) is 0 Å². The minimum absolute atomic E-state index is 0.0194. The summed E-state index contributed by atoms with van der Waals surface area (Å²) in [5, 5.41) is 3.03. The SMILES string of the molecule is O=C(NCC1(c2ccccc2)CCC1)c1cccc(S(=O)(=O)N2CCOCC2)c1. The van der Waals surface area contributed by atoms with E-state index >= 15 is 0 Å². The number of ether oxygens (including phenoxy) is 1. The highest BCUT2D eigenvalue weighted by atomic mass is 32.2. The van der Waals surface area contributed by atoms with E-state index in [1.165, 1.54) is 15.9 Å². The maximum atomic E-state index is 12.9. The molecule has 0 aromatic heterocycles. The lowest BCUT2D eigenvalue weighted by atomic mass is 9.64. The predicted molar refractivity (Wildman–Crippen MR) is 110 cm³/mol. The molecular formula is C22H26N2O4S. The van der Waals surface area contributed by atoms with Crippen LogP contribution in [0.3, 0.4) is 0 Å². The molecule has 1 aliphatic carbocycles. The zero-order valence-electron chi connectivity index (χ0n) is 16.3. The van der Waals surface area contributed by atoms with Crippen LogP contribution >= 0.6 is 0 Å². The largest absolute Gasteiger partial charge is 0.379 e. The van der Waals surface area contributed by atoms with Crippen LogP contribution in [0.25, 0.3) is 0 Å². The van der Waals surface area contributed by atoms with Crippen molar-refractivity contribution in [2.45, 2.75) is 29.6 Å². The first kappa shape index (κ1) is 20.1. The van der Waals surface area contributed by atoms with Crippen LogP contribution in [0.2, 0.25) is 0 Å². The normalized spacial score (nSPS) is 19.3. The van der Waals surface area contributed by atoms with Gasteiger partial charge in [-0.15, -0.1) is 0 Å². The monoisotopic (exact) mass is 414 g/mol. The van der Waals surface area contributed by atoms with Crippen LogP contribution in [0.1, 0.15) is 35.2 Å². The van der Waals surface area contributed by atoms with Crippen molar-refractivity contribution in [2.24, 2.45) is 0 Å². The summed E-state index contributed by atoms with van der Waals surface area (Å²) in [5.74, 6) is -0.244. The van der Waals surface area contributed by atoms with Crippen LogP contribution in [-0.2, 0) is 20.2 Å². The van der Waals surface area contributed by atoms with Crippen LogP contribution in [0.4, 0.5) is 0 Å². The Labute approximate surface area is 171 Å². The first-order valence-electron chi connectivity index (χ1n) is 10.0. The highest BCUT2D eigenvalue weighted by molar-refractivity contribution is 7.89. The van der Waals surface area contributed by atoms with Gasteiger partial charge < -0.3 is 10.1 Å². The van der Waals surface area contributed by atoms with E-state index in [1.807, 2.05) is 18.2 Å². The third-order valence-corrected chi connectivity index (χ3v) is 7.88. The first-order valence-corrected chi connectivity index (χ1v) is 11.5. The van der Waals surface area contributed by atoms with Crippen molar-refractivity contribution < 1.29 is 17.9 Å². The smallest absolute Gasteiger partial charge is 0.251 e. The molecular weight excluding hydrogens is 388 g/mol. The number of carbonyl (C=O) groups is 1. The molecule has 1 aliphatic heterocycles. The van der Waals surface area contributed by atoms with Crippen LogP contribution in [-0.4, -0.2) is 51.5 Å². The zero-order chi connectivity index (χ0) is 20.3. The molecule has 0 bridgehead atoms. The molecule has 1 amide bonds. The molecule has 0 radical (unpaired) electrons. The fourth-order valence-corrected chi connectivity index (χ4v) is 5.50. The number of benzene rings is 2. The Morgan fingerprint density at radius 3 is 2.41 bits per heavy atom. The van der Waals surface area contributed by atoms with Crippen LogP contribution in [0, 0.1) is 0 Å². The molecule has 4 rings (SSSR count). The van der Waals surface area contributed by atoms with E-state index in [2.05, 4.69) is 17.4 Å². The zero-order valence-corrected chi connectivity index (χ0v) is 17.2. The van der Waals surface area contributed by atoms with Gasteiger partial charge in [-0.2, -0.15) is 4.31 Å². The molecule has 2 aromatic carbocycles. The number of nitrogens with one attached hydrogen (secondary N) is 1.